The maximum Gasteiger partial charge on any atom is 0.188 e. The average molecular weight is 262 g/mol. The largest absolute Gasteiger partial charge is 0.409 e. The van der Waals surface area contributed by atoms with Gasteiger partial charge >= 0.3 is 0 Å². The Balaban J connectivity index is 3.16. The van der Waals surface area contributed by atoms with Crippen molar-refractivity contribution in [1.29, 1.82) is 0 Å². The summed E-state index contributed by atoms with van der Waals surface area (Å²) in [4.78, 5) is 4.01. The molecule has 0 atom stereocenters. The molecule has 0 spiro atoms. The molecule has 5 N–H and O–H groups in total. The second-order valence-electron chi connectivity index (χ2n) is 3.82. The Labute approximate surface area is 110 Å². The Bertz CT molecular complexity index is 559. The van der Waals surface area contributed by atoms with Crippen LogP contribution in [-0.4, -0.2) is 16.8 Å². The highest BCUT2D eigenvalue weighted by Gasteiger charge is 2.05. The third-order valence-electron chi connectivity index (χ3n) is 2.15. The molecule has 100 valence electrons. The molecular formula is C13H15FN4O. The van der Waals surface area contributed by atoms with Gasteiger partial charge in [0.1, 0.15) is 11.5 Å². The molecule has 1 aromatic carbocycles. The number of benzene rings is 1. The van der Waals surface area contributed by atoms with Crippen LogP contribution in [0.4, 0.5) is 4.39 Å². The van der Waals surface area contributed by atoms with Crippen molar-refractivity contribution in [2.75, 3.05) is 0 Å². The zero-order valence-corrected chi connectivity index (χ0v) is 10.5. The van der Waals surface area contributed by atoms with E-state index in [0.29, 0.717) is 17.0 Å². The first-order valence-corrected chi connectivity index (χ1v) is 5.39. The fourth-order valence-corrected chi connectivity index (χ4v) is 1.29. The minimum Gasteiger partial charge on any atom is -0.409 e. The summed E-state index contributed by atoms with van der Waals surface area (Å²) in [7, 11) is 0. The number of amidine groups is 1. The van der Waals surface area contributed by atoms with Gasteiger partial charge < -0.3 is 16.7 Å². The minimum atomic E-state index is -0.358. The number of nitrogens with zero attached hydrogens (tertiary/aromatic N) is 2. The predicted molar refractivity (Wildman–Crippen MR) is 74.2 cm³/mol. The zero-order valence-electron chi connectivity index (χ0n) is 10.5. The van der Waals surface area contributed by atoms with Gasteiger partial charge in [0, 0.05) is 11.4 Å². The molecule has 1 aromatic rings. The predicted octanol–water partition coefficient (Wildman–Crippen LogP) is 1.85. The summed E-state index contributed by atoms with van der Waals surface area (Å²) >= 11 is 0. The molecule has 0 saturated carbocycles. The van der Waals surface area contributed by atoms with Gasteiger partial charge in [-0.3, -0.25) is 4.99 Å². The van der Waals surface area contributed by atoms with Gasteiger partial charge in [0.15, 0.2) is 5.84 Å². The van der Waals surface area contributed by atoms with E-state index in [1.165, 1.54) is 30.3 Å². The molecule has 1 rings (SSSR count). The molecule has 0 saturated heterocycles. The normalized spacial score (nSPS) is 13.5. The number of aliphatic imine (C=N–C) groups is 1. The average Bonchev–Trinajstić information content (AvgIpc) is 2.37. The van der Waals surface area contributed by atoms with Crippen molar-refractivity contribution in [2.45, 2.75) is 6.92 Å². The van der Waals surface area contributed by atoms with E-state index < -0.39 is 0 Å². The maximum absolute atomic E-state index is 12.8. The van der Waals surface area contributed by atoms with E-state index in [9.17, 15) is 4.39 Å². The molecule has 0 radical (unpaired) electrons. The Morgan fingerprint density at radius 3 is 2.37 bits per heavy atom. The standard InChI is InChI=1S/C13H15FN4O/c1-8(2)17-12(13(16)18-19)7-11(15)9-3-5-10(14)6-4-9/h3-7,19H,1,15H2,2H3,(H2,16,18)/b11-7-,17-12+. The highest BCUT2D eigenvalue weighted by Crippen LogP contribution is 2.10. The van der Waals surface area contributed by atoms with Gasteiger partial charge in [0.25, 0.3) is 0 Å². The van der Waals surface area contributed by atoms with E-state index in [4.69, 9.17) is 16.7 Å². The summed E-state index contributed by atoms with van der Waals surface area (Å²) in [6.45, 7) is 5.26. The lowest BCUT2D eigenvalue weighted by Gasteiger charge is -2.04. The highest BCUT2D eigenvalue weighted by atomic mass is 19.1. The van der Waals surface area contributed by atoms with Crippen LogP contribution in [0.2, 0.25) is 0 Å². The lowest BCUT2D eigenvalue weighted by molar-refractivity contribution is 0.319. The van der Waals surface area contributed by atoms with E-state index >= 15 is 0 Å². The third kappa shape index (κ3) is 4.27. The third-order valence-corrected chi connectivity index (χ3v) is 2.15. The van der Waals surface area contributed by atoms with E-state index in [1.807, 2.05) is 0 Å². The highest BCUT2D eigenvalue weighted by molar-refractivity contribution is 6.46. The van der Waals surface area contributed by atoms with Crippen LogP contribution in [0.5, 0.6) is 0 Å². The smallest absolute Gasteiger partial charge is 0.188 e. The fraction of sp³-hybridized carbons (Fsp3) is 0.0769. The monoisotopic (exact) mass is 262 g/mol. The topological polar surface area (TPSA) is 97.0 Å². The summed E-state index contributed by atoms with van der Waals surface area (Å²) in [5.41, 5.74) is 12.9. The van der Waals surface area contributed by atoms with Crippen molar-refractivity contribution < 1.29 is 9.60 Å². The number of nitrogens with two attached hydrogens (primary N) is 2. The van der Waals surface area contributed by atoms with Crippen molar-refractivity contribution in [3.63, 3.8) is 0 Å². The quantitative estimate of drug-likeness (QED) is 0.334. The van der Waals surface area contributed by atoms with Gasteiger partial charge in [-0.15, -0.1) is 0 Å². The SMILES string of the molecule is C=C(C)/N=C(\C=C(/N)c1ccc(F)cc1)C(/N)=N/O. The van der Waals surface area contributed by atoms with Crippen molar-refractivity contribution in [2.24, 2.45) is 21.6 Å². The second kappa shape index (κ2) is 6.34. The molecule has 19 heavy (non-hydrogen) atoms. The number of rotatable bonds is 4. The lowest BCUT2D eigenvalue weighted by Crippen LogP contribution is -2.23. The van der Waals surface area contributed by atoms with Gasteiger partial charge in [-0.05, 0) is 30.7 Å². The van der Waals surface area contributed by atoms with Crippen LogP contribution in [0.3, 0.4) is 0 Å². The number of halogens is 1. The molecule has 0 amide bonds. The molecule has 0 aliphatic carbocycles. The second-order valence-corrected chi connectivity index (χ2v) is 3.82. The van der Waals surface area contributed by atoms with Crippen LogP contribution < -0.4 is 11.5 Å². The van der Waals surface area contributed by atoms with Gasteiger partial charge in [0.05, 0.1) is 0 Å². The number of allylic oxidation sites excluding steroid dienone is 1. The van der Waals surface area contributed by atoms with E-state index in [-0.39, 0.29) is 17.4 Å². The molecule has 6 heteroatoms. The van der Waals surface area contributed by atoms with Crippen LogP contribution in [0.15, 0.2) is 52.8 Å². The van der Waals surface area contributed by atoms with Crippen molar-refractivity contribution in [1.82, 2.24) is 0 Å². The summed E-state index contributed by atoms with van der Waals surface area (Å²) in [6.07, 6.45) is 1.43. The van der Waals surface area contributed by atoms with Gasteiger partial charge in [-0.25, -0.2) is 4.39 Å². The number of oxime groups is 1. The first-order valence-electron chi connectivity index (χ1n) is 5.39. The maximum atomic E-state index is 12.8. The van der Waals surface area contributed by atoms with Crippen molar-refractivity contribution in [3.8, 4) is 0 Å². The molecule has 0 fully saturated rings. The summed E-state index contributed by atoms with van der Waals surface area (Å²) in [5, 5.41) is 11.5. The van der Waals surface area contributed by atoms with Gasteiger partial charge in [-0.1, -0.05) is 23.9 Å². The van der Waals surface area contributed by atoms with E-state index in [2.05, 4.69) is 16.7 Å². The minimum absolute atomic E-state index is 0.178. The fourth-order valence-electron chi connectivity index (χ4n) is 1.29. The zero-order chi connectivity index (χ0) is 14.4. The van der Waals surface area contributed by atoms with Gasteiger partial charge in [-0.2, -0.15) is 0 Å². The molecule has 5 nitrogen and oxygen atoms in total. The van der Waals surface area contributed by atoms with Crippen molar-refractivity contribution in [3.05, 3.63) is 54.0 Å². The van der Waals surface area contributed by atoms with E-state index in [1.54, 1.807) is 6.92 Å². The first kappa shape index (κ1) is 14.4. The Hall–Kier alpha value is -2.63. The first-order chi connectivity index (χ1) is 8.93. The Kier molecular flexibility index (Phi) is 4.82. The summed E-state index contributed by atoms with van der Waals surface area (Å²) in [5.74, 6) is -0.545. The molecule has 0 aliphatic rings. The molecule has 0 unspecified atom stereocenters. The van der Waals surface area contributed by atoms with Crippen LogP contribution in [0.25, 0.3) is 5.70 Å². The van der Waals surface area contributed by atoms with Crippen molar-refractivity contribution >= 4 is 17.2 Å². The number of hydrogen-bond donors (Lipinski definition) is 3. The van der Waals surface area contributed by atoms with Crippen LogP contribution >= 0.6 is 0 Å². The van der Waals surface area contributed by atoms with E-state index in [0.717, 1.165) is 0 Å². The molecular weight excluding hydrogens is 247 g/mol. The van der Waals surface area contributed by atoms with Crippen LogP contribution in [0, 0.1) is 5.82 Å². The van der Waals surface area contributed by atoms with Crippen LogP contribution in [0.1, 0.15) is 12.5 Å². The van der Waals surface area contributed by atoms with Gasteiger partial charge in [0.2, 0.25) is 0 Å². The Morgan fingerprint density at radius 2 is 1.89 bits per heavy atom. The molecule has 0 aliphatic heterocycles. The number of hydrogen-bond acceptors (Lipinski definition) is 4. The summed E-state index contributed by atoms with van der Waals surface area (Å²) < 4.78 is 12.8. The Morgan fingerprint density at radius 1 is 1.32 bits per heavy atom. The molecule has 0 aromatic heterocycles. The van der Waals surface area contributed by atoms with Crippen LogP contribution in [-0.2, 0) is 0 Å². The molecule has 0 bridgehead atoms. The summed E-state index contributed by atoms with van der Waals surface area (Å²) in [6, 6.07) is 5.61. The lowest BCUT2D eigenvalue weighted by atomic mass is 10.1. The molecule has 0 heterocycles.